The average molecular weight is 263 g/mol. The maximum atomic E-state index is 4.24. The van der Waals surface area contributed by atoms with Crippen LogP contribution in [0.1, 0.15) is 90.9 Å². The van der Waals surface area contributed by atoms with Crippen LogP contribution in [0.5, 0.6) is 0 Å². The van der Waals surface area contributed by atoms with Crippen molar-refractivity contribution in [3.05, 3.63) is 6.92 Å². The first-order valence-corrected chi connectivity index (χ1v) is 9.01. The van der Waals surface area contributed by atoms with E-state index in [4.69, 9.17) is 0 Å². The zero-order valence-corrected chi connectivity index (χ0v) is 13.4. The predicted octanol–water partition coefficient (Wildman–Crippen LogP) is 6.40. The third-order valence-corrected chi connectivity index (χ3v) is 6.42. The molecule has 0 heteroatoms. The first-order chi connectivity index (χ1) is 9.21. The Balaban J connectivity index is 2.22. The van der Waals surface area contributed by atoms with Crippen molar-refractivity contribution in [1.82, 2.24) is 0 Å². The molecule has 0 saturated heterocycles. The lowest BCUT2D eigenvalue weighted by molar-refractivity contribution is -0.0288. The van der Waals surface area contributed by atoms with E-state index in [9.17, 15) is 0 Å². The largest absolute Gasteiger partial charge is 0.0622 e. The van der Waals surface area contributed by atoms with Gasteiger partial charge < -0.3 is 0 Å². The Labute approximate surface area is 121 Å². The second kappa shape index (κ2) is 7.14. The average Bonchev–Trinajstić information content (AvgIpc) is 2.46. The first kappa shape index (κ1) is 15.4. The van der Waals surface area contributed by atoms with E-state index in [0.717, 1.165) is 24.2 Å². The van der Waals surface area contributed by atoms with E-state index < -0.39 is 0 Å². The molecule has 0 unspecified atom stereocenters. The summed E-state index contributed by atoms with van der Waals surface area (Å²) in [6.45, 7) is 9.27. The maximum absolute atomic E-state index is 4.24. The molecule has 1 radical (unpaired) electrons. The first-order valence-electron chi connectivity index (χ1n) is 9.01. The fourth-order valence-corrected chi connectivity index (χ4v) is 5.56. The summed E-state index contributed by atoms with van der Waals surface area (Å²) in [5, 5.41) is 0. The van der Waals surface area contributed by atoms with Gasteiger partial charge in [-0.15, -0.1) is 0 Å². The monoisotopic (exact) mass is 263 g/mol. The molecule has 0 nitrogen and oxygen atoms in total. The Morgan fingerprint density at radius 1 is 0.842 bits per heavy atom. The molecule has 19 heavy (non-hydrogen) atoms. The Morgan fingerprint density at radius 3 is 1.58 bits per heavy atom. The summed E-state index contributed by atoms with van der Waals surface area (Å²) < 4.78 is 0. The summed E-state index contributed by atoms with van der Waals surface area (Å²) in [5.41, 5.74) is 0.628. The smallest absolute Gasteiger partial charge is 0.0218 e. The number of hydrogen-bond donors (Lipinski definition) is 0. The van der Waals surface area contributed by atoms with Crippen molar-refractivity contribution >= 4 is 0 Å². The molecule has 0 heterocycles. The van der Waals surface area contributed by atoms with E-state index >= 15 is 0 Å². The zero-order valence-electron chi connectivity index (χ0n) is 13.4. The van der Waals surface area contributed by atoms with Crippen molar-refractivity contribution in [3.63, 3.8) is 0 Å². The van der Waals surface area contributed by atoms with Crippen molar-refractivity contribution < 1.29 is 0 Å². The minimum atomic E-state index is 0.628. The molecule has 0 amide bonds. The molecular formula is C19H35. The fraction of sp³-hybridized carbons (Fsp3) is 0.947. The van der Waals surface area contributed by atoms with Crippen LogP contribution < -0.4 is 0 Å². The van der Waals surface area contributed by atoms with Crippen molar-refractivity contribution in [2.45, 2.75) is 90.9 Å². The Bertz CT molecular complexity index is 223. The van der Waals surface area contributed by atoms with E-state index in [2.05, 4.69) is 20.8 Å². The standard InChI is InChI=1S/C19H35/c1-4-15-19(16(2)3,17-11-7-5-8-12-17)18-13-9-6-10-14-18/h16-18H,1,4-15H2,2-3H3. The van der Waals surface area contributed by atoms with E-state index in [1.165, 1.54) is 70.6 Å². The topological polar surface area (TPSA) is 0 Å². The molecular weight excluding hydrogens is 228 g/mol. The highest BCUT2D eigenvalue weighted by atomic mass is 14.5. The van der Waals surface area contributed by atoms with Crippen LogP contribution >= 0.6 is 0 Å². The normalized spacial score (nSPS) is 24.0. The van der Waals surface area contributed by atoms with Gasteiger partial charge in [-0.05, 0) is 55.3 Å². The Morgan fingerprint density at radius 2 is 1.26 bits per heavy atom. The van der Waals surface area contributed by atoms with Crippen molar-refractivity contribution in [2.24, 2.45) is 23.2 Å². The maximum Gasteiger partial charge on any atom is -0.0218 e. The van der Waals surface area contributed by atoms with Gasteiger partial charge in [0, 0.05) is 0 Å². The van der Waals surface area contributed by atoms with E-state index in [-0.39, 0.29) is 0 Å². The van der Waals surface area contributed by atoms with E-state index in [1.807, 2.05) is 0 Å². The zero-order chi connectivity index (χ0) is 13.7. The molecule has 0 aromatic carbocycles. The molecule has 0 aliphatic heterocycles. The molecule has 0 aromatic rings. The van der Waals surface area contributed by atoms with Crippen LogP contribution in [0.3, 0.4) is 0 Å². The van der Waals surface area contributed by atoms with Gasteiger partial charge in [0.05, 0.1) is 0 Å². The molecule has 0 spiro atoms. The van der Waals surface area contributed by atoms with Gasteiger partial charge >= 0.3 is 0 Å². The molecule has 0 N–H and O–H groups in total. The molecule has 0 bridgehead atoms. The van der Waals surface area contributed by atoms with E-state index in [1.54, 1.807) is 0 Å². The van der Waals surface area contributed by atoms with Gasteiger partial charge in [0.25, 0.3) is 0 Å². The highest BCUT2D eigenvalue weighted by Crippen LogP contribution is 2.55. The molecule has 2 saturated carbocycles. The van der Waals surface area contributed by atoms with Gasteiger partial charge in [-0.2, -0.15) is 0 Å². The van der Waals surface area contributed by atoms with Crippen LogP contribution in [0.25, 0.3) is 0 Å². The van der Waals surface area contributed by atoms with Gasteiger partial charge in [0.1, 0.15) is 0 Å². The molecule has 2 aliphatic carbocycles. The summed E-state index contributed by atoms with van der Waals surface area (Å²) in [6, 6.07) is 0. The van der Waals surface area contributed by atoms with Crippen molar-refractivity contribution in [2.75, 3.05) is 0 Å². The SMILES string of the molecule is [CH2]CCC(C(C)C)(C1CCCCC1)C1CCCCC1. The Hall–Kier alpha value is 0. The second-order valence-electron chi connectivity index (χ2n) is 7.54. The highest BCUT2D eigenvalue weighted by molar-refractivity contribution is 4.96. The fourth-order valence-electron chi connectivity index (χ4n) is 5.56. The molecule has 2 rings (SSSR count). The van der Waals surface area contributed by atoms with Crippen molar-refractivity contribution in [1.29, 1.82) is 0 Å². The minimum absolute atomic E-state index is 0.628. The summed E-state index contributed by atoms with van der Waals surface area (Å²) in [6.07, 6.45) is 17.5. The van der Waals surface area contributed by atoms with Crippen molar-refractivity contribution in [3.8, 4) is 0 Å². The van der Waals surface area contributed by atoms with Gasteiger partial charge in [0.15, 0.2) is 0 Å². The predicted molar refractivity (Wildman–Crippen MR) is 85.0 cm³/mol. The lowest BCUT2D eigenvalue weighted by atomic mass is 9.52. The van der Waals surface area contributed by atoms with Crippen LogP contribution in [-0.2, 0) is 0 Å². The minimum Gasteiger partial charge on any atom is -0.0622 e. The third-order valence-electron chi connectivity index (χ3n) is 6.42. The van der Waals surface area contributed by atoms with Crippen LogP contribution in [0.2, 0.25) is 0 Å². The summed E-state index contributed by atoms with van der Waals surface area (Å²) in [5.74, 6) is 2.86. The van der Waals surface area contributed by atoms with Crippen LogP contribution in [-0.4, -0.2) is 0 Å². The third kappa shape index (κ3) is 3.19. The van der Waals surface area contributed by atoms with Gasteiger partial charge in [-0.3, -0.25) is 0 Å². The van der Waals surface area contributed by atoms with Gasteiger partial charge in [-0.1, -0.05) is 65.7 Å². The van der Waals surface area contributed by atoms with Crippen LogP contribution in [0.4, 0.5) is 0 Å². The highest BCUT2D eigenvalue weighted by Gasteiger charge is 2.46. The quantitative estimate of drug-likeness (QED) is 0.538. The Kier molecular flexibility index (Phi) is 5.78. The summed E-state index contributed by atoms with van der Waals surface area (Å²) >= 11 is 0. The summed E-state index contributed by atoms with van der Waals surface area (Å²) in [7, 11) is 0. The lowest BCUT2D eigenvalue weighted by Crippen LogP contribution is -2.44. The van der Waals surface area contributed by atoms with Crippen LogP contribution in [0, 0.1) is 30.1 Å². The molecule has 111 valence electrons. The second-order valence-corrected chi connectivity index (χ2v) is 7.54. The lowest BCUT2D eigenvalue weighted by Gasteiger charge is -2.52. The van der Waals surface area contributed by atoms with E-state index in [0.29, 0.717) is 5.41 Å². The molecule has 2 aliphatic rings. The number of hydrogen-bond acceptors (Lipinski definition) is 0. The van der Waals surface area contributed by atoms with Crippen LogP contribution in [0.15, 0.2) is 0 Å². The van der Waals surface area contributed by atoms with Gasteiger partial charge in [-0.25, -0.2) is 0 Å². The molecule has 0 aromatic heterocycles. The van der Waals surface area contributed by atoms with Gasteiger partial charge in [0.2, 0.25) is 0 Å². The molecule has 2 fully saturated rings. The molecule has 0 atom stereocenters. The summed E-state index contributed by atoms with van der Waals surface area (Å²) in [4.78, 5) is 0. The number of rotatable bonds is 5.